The quantitative estimate of drug-likeness (QED) is 0.684. The van der Waals surface area contributed by atoms with Gasteiger partial charge in [-0.25, -0.2) is 0 Å². The van der Waals surface area contributed by atoms with E-state index in [1.807, 2.05) is 0 Å². The fourth-order valence-electron chi connectivity index (χ4n) is 3.11. The van der Waals surface area contributed by atoms with E-state index >= 15 is 0 Å². The lowest BCUT2D eigenvalue weighted by Crippen LogP contribution is -2.47. The van der Waals surface area contributed by atoms with Gasteiger partial charge in [0.2, 0.25) is 0 Å². The molecule has 1 atom stereocenters. The van der Waals surface area contributed by atoms with Gasteiger partial charge in [0.1, 0.15) is 0 Å². The summed E-state index contributed by atoms with van der Waals surface area (Å²) < 4.78 is 6.19. The standard InChI is InChI=1S/C14H27NO/c1-13(2,3)12-7-10-16-14(11-15-12)8-5-4-6-9-14/h12,15H,4-11H2,1-3H3. The molecule has 1 saturated heterocycles. The summed E-state index contributed by atoms with van der Waals surface area (Å²) in [7, 11) is 0. The second-order valence-electron chi connectivity index (χ2n) is 6.68. The van der Waals surface area contributed by atoms with Crippen LogP contribution in [0, 0.1) is 5.41 Å². The van der Waals surface area contributed by atoms with Crippen LogP contribution in [-0.2, 0) is 4.74 Å². The van der Waals surface area contributed by atoms with Gasteiger partial charge in [0.25, 0.3) is 0 Å². The van der Waals surface area contributed by atoms with Gasteiger partial charge >= 0.3 is 0 Å². The van der Waals surface area contributed by atoms with Crippen molar-refractivity contribution >= 4 is 0 Å². The highest BCUT2D eigenvalue weighted by Crippen LogP contribution is 2.34. The molecule has 1 unspecified atom stereocenters. The minimum absolute atomic E-state index is 0.179. The predicted molar refractivity (Wildman–Crippen MR) is 67.6 cm³/mol. The van der Waals surface area contributed by atoms with Gasteiger partial charge < -0.3 is 10.1 Å². The molecule has 1 saturated carbocycles. The molecule has 0 aromatic rings. The fourth-order valence-corrected chi connectivity index (χ4v) is 3.11. The first-order valence-electron chi connectivity index (χ1n) is 6.89. The summed E-state index contributed by atoms with van der Waals surface area (Å²) in [5, 5.41) is 3.76. The molecule has 0 bridgehead atoms. The molecule has 0 amide bonds. The lowest BCUT2D eigenvalue weighted by molar-refractivity contribution is -0.0582. The molecule has 0 aromatic heterocycles. The zero-order chi connectivity index (χ0) is 11.6. The molecule has 2 aliphatic rings. The Morgan fingerprint density at radius 1 is 1.12 bits per heavy atom. The third-order valence-electron chi connectivity index (χ3n) is 4.30. The Labute approximate surface area is 100 Å². The minimum Gasteiger partial charge on any atom is -0.374 e. The summed E-state index contributed by atoms with van der Waals surface area (Å²) in [6.45, 7) is 8.97. The van der Waals surface area contributed by atoms with E-state index in [4.69, 9.17) is 4.74 Å². The number of nitrogens with one attached hydrogen (secondary N) is 1. The average molecular weight is 225 g/mol. The lowest BCUT2D eigenvalue weighted by atomic mass is 9.83. The van der Waals surface area contributed by atoms with Crippen molar-refractivity contribution < 1.29 is 4.74 Å². The van der Waals surface area contributed by atoms with E-state index in [-0.39, 0.29) is 5.60 Å². The molecule has 0 aromatic carbocycles. The maximum absolute atomic E-state index is 6.19. The van der Waals surface area contributed by atoms with E-state index in [2.05, 4.69) is 26.1 Å². The normalized spacial score (nSPS) is 31.3. The number of ether oxygens (including phenoxy) is 1. The maximum atomic E-state index is 6.19. The van der Waals surface area contributed by atoms with Crippen molar-refractivity contribution in [3.05, 3.63) is 0 Å². The SMILES string of the molecule is CC(C)(C)C1CCOC2(CCCCC2)CN1. The summed E-state index contributed by atoms with van der Waals surface area (Å²) in [5.41, 5.74) is 0.530. The van der Waals surface area contributed by atoms with E-state index in [0.29, 0.717) is 11.5 Å². The largest absolute Gasteiger partial charge is 0.374 e. The molecule has 1 spiro atoms. The molecular formula is C14H27NO. The second-order valence-corrected chi connectivity index (χ2v) is 6.68. The smallest absolute Gasteiger partial charge is 0.0806 e. The minimum atomic E-state index is 0.179. The van der Waals surface area contributed by atoms with Crippen molar-refractivity contribution in [2.45, 2.75) is 70.9 Å². The van der Waals surface area contributed by atoms with Gasteiger partial charge in [0.15, 0.2) is 0 Å². The van der Waals surface area contributed by atoms with E-state index in [1.54, 1.807) is 0 Å². The molecule has 2 fully saturated rings. The Balaban J connectivity index is 1.97. The zero-order valence-corrected chi connectivity index (χ0v) is 11.1. The zero-order valence-electron chi connectivity index (χ0n) is 11.1. The molecule has 1 heterocycles. The summed E-state index contributed by atoms with van der Waals surface area (Å²) in [4.78, 5) is 0. The van der Waals surface area contributed by atoms with E-state index < -0.39 is 0 Å². The topological polar surface area (TPSA) is 21.3 Å². The van der Waals surface area contributed by atoms with Gasteiger partial charge in [-0.05, 0) is 24.7 Å². The Kier molecular flexibility index (Phi) is 3.60. The van der Waals surface area contributed by atoms with Crippen molar-refractivity contribution in [3.63, 3.8) is 0 Å². The molecular weight excluding hydrogens is 198 g/mol. The fraction of sp³-hybridized carbons (Fsp3) is 1.00. The van der Waals surface area contributed by atoms with Crippen molar-refractivity contribution in [2.24, 2.45) is 5.41 Å². The van der Waals surface area contributed by atoms with Gasteiger partial charge in [-0.15, -0.1) is 0 Å². The van der Waals surface area contributed by atoms with Crippen LogP contribution in [0.5, 0.6) is 0 Å². The van der Waals surface area contributed by atoms with Gasteiger partial charge in [0.05, 0.1) is 5.60 Å². The van der Waals surface area contributed by atoms with Crippen molar-refractivity contribution in [2.75, 3.05) is 13.2 Å². The van der Waals surface area contributed by atoms with Crippen molar-refractivity contribution in [1.82, 2.24) is 5.32 Å². The molecule has 2 heteroatoms. The highest BCUT2D eigenvalue weighted by Gasteiger charge is 2.37. The van der Waals surface area contributed by atoms with E-state index in [0.717, 1.165) is 19.6 Å². The third kappa shape index (κ3) is 2.78. The van der Waals surface area contributed by atoms with Crippen molar-refractivity contribution in [3.8, 4) is 0 Å². The van der Waals surface area contributed by atoms with Crippen LogP contribution in [0.15, 0.2) is 0 Å². The first kappa shape index (κ1) is 12.4. The van der Waals surface area contributed by atoms with Gasteiger partial charge in [0, 0.05) is 19.2 Å². The van der Waals surface area contributed by atoms with Crippen LogP contribution in [0.1, 0.15) is 59.3 Å². The van der Waals surface area contributed by atoms with Gasteiger partial charge in [-0.1, -0.05) is 40.0 Å². The maximum Gasteiger partial charge on any atom is 0.0806 e. The van der Waals surface area contributed by atoms with Crippen LogP contribution in [0.25, 0.3) is 0 Å². The molecule has 1 aliphatic heterocycles. The van der Waals surface area contributed by atoms with Gasteiger partial charge in [-0.2, -0.15) is 0 Å². The summed E-state index contributed by atoms with van der Waals surface area (Å²) in [5.74, 6) is 0. The average Bonchev–Trinajstić information content (AvgIpc) is 2.42. The monoisotopic (exact) mass is 225 g/mol. The molecule has 1 aliphatic carbocycles. The van der Waals surface area contributed by atoms with Crippen LogP contribution in [-0.4, -0.2) is 24.8 Å². The van der Waals surface area contributed by atoms with Crippen LogP contribution in [0.4, 0.5) is 0 Å². The number of hydrogen-bond donors (Lipinski definition) is 1. The van der Waals surface area contributed by atoms with Crippen LogP contribution < -0.4 is 5.32 Å². The summed E-state index contributed by atoms with van der Waals surface area (Å²) in [6.07, 6.45) is 7.77. The molecule has 0 radical (unpaired) electrons. The molecule has 2 rings (SSSR count). The van der Waals surface area contributed by atoms with Crippen LogP contribution in [0.3, 0.4) is 0 Å². The summed E-state index contributed by atoms with van der Waals surface area (Å²) >= 11 is 0. The highest BCUT2D eigenvalue weighted by molar-refractivity contribution is 4.92. The van der Waals surface area contributed by atoms with Crippen LogP contribution in [0.2, 0.25) is 0 Å². The number of hydrogen-bond acceptors (Lipinski definition) is 2. The molecule has 94 valence electrons. The first-order chi connectivity index (χ1) is 7.52. The third-order valence-corrected chi connectivity index (χ3v) is 4.30. The predicted octanol–water partition coefficient (Wildman–Crippen LogP) is 3.11. The molecule has 16 heavy (non-hydrogen) atoms. The molecule has 2 nitrogen and oxygen atoms in total. The highest BCUT2D eigenvalue weighted by atomic mass is 16.5. The molecule has 1 N–H and O–H groups in total. The first-order valence-corrected chi connectivity index (χ1v) is 6.89. The van der Waals surface area contributed by atoms with Gasteiger partial charge in [-0.3, -0.25) is 0 Å². The van der Waals surface area contributed by atoms with Crippen molar-refractivity contribution in [1.29, 1.82) is 0 Å². The Hall–Kier alpha value is -0.0800. The number of rotatable bonds is 0. The van der Waals surface area contributed by atoms with Crippen LogP contribution >= 0.6 is 0 Å². The van der Waals surface area contributed by atoms with E-state index in [9.17, 15) is 0 Å². The lowest BCUT2D eigenvalue weighted by Gasteiger charge is -2.37. The Morgan fingerprint density at radius 3 is 2.44 bits per heavy atom. The van der Waals surface area contributed by atoms with E-state index in [1.165, 1.54) is 32.1 Å². The Bertz CT molecular complexity index is 225. The Morgan fingerprint density at radius 2 is 1.81 bits per heavy atom. The second kappa shape index (κ2) is 4.66. The summed E-state index contributed by atoms with van der Waals surface area (Å²) in [6, 6.07) is 0.605.